The van der Waals surface area contributed by atoms with E-state index < -0.39 is 11.7 Å². The molecule has 3 aromatic carbocycles. The number of anilines is 1. The van der Waals surface area contributed by atoms with E-state index >= 15 is 0 Å². The number of nitrogens with zero attached hydrogens (tertiary/aromatic N) is 1. The summed E-state index contributed by atoms with van der Waals surface area (Å²) in [5.74, 6) is -0.552. The first-order valence-corrected chi connectivity index (χ1v) is 11.3. The summed E-state index contributed by atoms with van der Waals surface area (Å²) in [6.45, 7) is 1.90. The van der Waals surface area contributed by atoms with Crippen LogP contribution in [0.2, 0.25) is 0 Å². The Bertz CT molecular complexity index is 1260. The highest BCUT2D eigenvalue weighted by Crippen LogP contribution is 2.42. The number of thioether (sulfide) groups is 1. The summed E-state index contributed by atoms with van der Waals surface area (Å²) >= 11 is 1.22. The molecule has 34 heavy (non-hydrogen) atoms. The number of benzene rings is 3. The topological polar surface area (TPSA) is 49.4 Å². The maximum absolute atomic E-state index is 12.9. The van der Waals surface area contributed by atoms with Gasteiger partial charge in [0, 0.05) is 17.5 Å². The Morgan fingerprint density at radius 1 is 1.03 bits per heavy atom. The maximum atomic E-state index is 12.9. The van der Waals surface area contributed by atoms with E-state index in [9.17, 15) is 22.8 Å². The molecule has 0 radical (unpaired) electrons. The first-order valence-electron chi connectivity index (χ1n) is 10.5. The lowest BCUT2D eigenvalue weighted by Gasteiger charge is -2.27. The third-order valence-electron chi connectivity index (χ3n) is 5.50. The smallest absolute Gasteiger partial charge is 0.346 e. The molecule has 2 amide bonds. The minimum absolute atomic E-state index is 0.184. The summed E-state index contributed by atoms with van der Waals surface area (Å²) in [4.78, 5) is 28.3. The molecule has 0 aliphatic carbocycles. The highest BCUT2D eigenvalue weighted by atomic mass is 32.2. The first kappa shape index (κ1) is 23.6. The minimum atomic E-state index is -4.41. The van der Waals surface area contributed by atoms with Gasteiger partial charge in [0.05, 0.1) is 22.2 Å². The molecule has 4 nitrogen and oxygen atoms in total. The Balaban J connectivity index is 1.54. The van der Waals surface area contributed by atoms with Gasteiger partial charge in [0.25, 0.3) is 11.8 Å². The van der Waals surface area contributed by atoms with Gasteiger partial charge in [0.2, 0.25) is 0 Å². The number of amides is 2. The molecule has 1 atom stereocenters. The number of likely N-dealkylation sites (N-methyl/N-ethyl adjacent to an activating group) is 1. The van der Waals surface area contributed by atoms with Gasteiger partial charge in [-0.3, -0.25) is 9.59 Å². The molecule has 1 aliphatic heterocycles. The van der Waals surface area contributed by atoms with Crippen LogP contribution in [-0.4, -0.2) is 18.9 Å². The fourth-order valence-electron chi connectivity index (χ4n) is 3.56. The van der Waals surface area contributed by atoms with Crippen molar-refractivity contribution in [3.63, 3.8) is 0 Å². The summed E-state index contributed by atoms with van der Waals surface area (Å²) < 4.78 is 38.4. The van der Waals surface area contributed by atoms with E-state index in [2.05, 4.69) is 5.32 Å². The standard InChI is InChI=1S/C26H21F3N2O2S/c1-16(18-6-4-3-5-7-18)30-24(32)19-10-13-22-21(15-19)31(2)25(33)23(34-22)14-17-8-11-20(12-9-17)26(27,28)29/h3-16H,1-2H3,(H,30,32)/b23-14-. The number of rotatable bonds is 4. The molecular formula is C26H21F3N2O2S. The van der Waals surface area contributed by atoms with E-state index in [1.165, 1.54) is 28.8 Å². The molecule has 0 fully saturated rings. The maximum Gasteiger partial charge on any atom is 0.416 e. The average molecular weight is 483 g/mol. The lowest BCUT2D eigenvalue weighted by molar-refractivity contribution is -0.137. The molecule has 8 heteroatoms. The van der Waals surface area contributed by atoms with Crippen molar-refractivity contribution in [3.8, 4) is 0 Å². The number of hydrogen-bond donors (Lipinski definition) is 1. The van der Waals surface area contributed by atoms with Crippen LogP contribution in [0.5, 0.6) is 0 Å². The van der Waals surface area contributed by atoms with Gasteiger partial charge in [-0.05, 0) is 54.5 Å². The Morgan fingerprint density at radius 3 is 2.35 bits per heavy atom. The Kier molecular flexibility index (Phi) is 6.52. The second-order valence-corrected chi connectivity index (χ2v) is 8.97. The summed E-state index contributed by atoms with van der Waals surface area (Å²) in [7, 11) is 1.61. The summed E-state index contributed by atoms with van der Waals surface area (Å²) in [5, 5.41) is 2.96. The van der Waals surface area contributed by atoms with Crippen LogP contribution in [0.25, 0.3) is 6.08 Å². The molecule has 0 aromatic heterocycles. The molecular weight excluding hydrogens is 461 g/mol. The van der Waals surface area contributed by atoms with Crippen molar-refractivity contribution in [3.05, 3.63) is 100.0 Å². The Morgan fingerprint density at radius 2 is 1.71 bits per heavy atom. The van der Waals surface area contributed by atoms with Crippen LogP contribution in [0.15, 0.2) is 82.6 Å². The highest BCUT2D eigenvalue weighted by molar-refractivity contribution is 8.04. The second kappa shape index (κ2) is 9.38. The van der Waals surface area contributed by atoms with Crippen LogP contribution in [0.3, 0.4) is 0 Å². The van der Waals surface area contributed by atoms with Crippen molar-refractivity contribution in [1.29, 1.82) is 0 Å². The predicted octanol–water partition coefficient (Wildman–Crippen LogP) is 6.31. The quantitative estimate of drug-likeness (QED) is 0.444. The average Bonchev–Trinajstić information content (AvgIpc) is 2.82. The molecule has 4 rings (SSSR count). The number of hydrogen-bond acceptors (Lipinski definition) is 3. The second-order valence-electron chi connectivity index (χ2n) is 7.88. The van der Waals surface area contributed by atoms with Crippen LogP contribution in [0, 0.1) is 0 Å². The van der Waals surface area contributed by atoms with Gasteiger partial charge in [-0.2, -0.15) is 13.2 Å². The number of alkyl halides is 3. The van der Waals surface area contributed by atoms with Gasteiger partial charge in [-0.25, -0.2) is 0 Å². The zero-order valence-corrected chi connectivity index (χ0v) is 19.2. The van der Waals surface area contributed by atoms with Gasteiger partial charge in [0.1, 0.15) is 0 Å². The number of carbonyl (C=O) groups is 2. The molecule has 1 heterocycles. The zero-order chi connectivity index (χ0) is 24.5. The molecule has 1 unspecified atom stereocenters. The van der Waals surface area contributed by atoms with E-state index in [1.54, 1.807) is 31.3 Å². The van der Waals surface area contributed by atoms with Crippen LogP contribution >= 0.6 is 11.8 Å². The van der Waals surface area contributed by atoms with Crippen molar-refractivity contribution in [2.24, 2.45) is 0 Å². The van der Waals surface area contributed by atoms with Crippen LogP contribution < -0.4 is 10.2 Å². The Labute approximate surface area is 199 Å². The summed E-state index contributed by atoms with van der Waals surface area (Å²) in [6.07, 6.45) is -2.85. The fourth-order valence-corrected chi connectivity index (χ4v) is 4.65. The largest absolute Gasteiger partial charge is 0.416 e. The van der Waals surface area contributed by atoms with Crippen molar-refractivity contribution in [2.45, 2.75) is 24.0 Å². The third kappa shape index (κ3) is 5.02. The fraction of sp³-hybridized carbons (Fsp3) is 0.154. The van der Waals surface area contributed by atoms with E-state index in [-0.39, 0.29) is 17.9 Å². The van der Waals surface area contributed by atoms with Crippen molar-refractivity contribution in [1.82, 2.24) is 5.32 Å². The highest BCUT2D eigenvalue weighted by Gasteiger charge is 2.30. The SMILES string of the molecule is CC(NC(=O)c1ccc2c(c1)N(C)C(=O)/C(=C/c1ccc(C(F)(F)F)cc1)S2)c1ccccc1. The predicted molar refractivity (Wildman–Crippen MR) is 127 cm³/mol. The normalized spacial score (nSPS) is 15.7. The summed E-state index contributed by atoms with van der Waals surface area (Å²) in [5.41, 5.74) is 1.75. The molecule has 0 saturated heterocycles. The third-order valence-corrected chi connectivity index (χ3v) is 6.58. The lowest BCUT2D eigenvalue weighted by atomic mass is 10.1. The molecule has 174 valence electrons. The van der Waals surface area contributed by atoms with E-state index in [0.29, 0.717) is 21.7 Å². The number of fused-ring (bicyclic) bond motifs is 1. The molecule has 0 spiro atoms. The van der Waals surface area contributed by atoms with Gasteiger partial charge < -0.3 is 10.2 Å². The van der Waals surface area contributed by atoms with Crippen molar-refractivity contribution in [2.75, 3.05) is 11.9 Å². The first-order chi connectivity index (χ1) is 16.1. The number of halogens is 3. The monoisotopic (exact) mass is 482 g/mol. The number of carbonyl (C=O) groups excluding carboxylic acids is 2. The Hall–Kier alpha value is -3.52. The molecule has 0 saturated carbocycles. The van der Waals surface area contributed by atoms with Gasteiger partial charge in [-0.1, -0.05) is 54.2 Å². The van der Waals surface area contributed by atoms with E-state index in [4.69, 9.17) is 0 Å². The zero-order valence-electron chi connectivity index (χ0n) is 18.4. The molecule has 3 aromatic rings. The van der Waals surface area contributed by atoms with Crippen LogP contribution in [0.1, 0.15) is 40.0 Å². The van der Waals surface area contributed by atoms with E-state index in [0.717, 1.165) is 22.6 Å². The summed E-state index contributed by atoms with van der Waals surface area (Å²) in [6, 6.07) is 19.2. The van der Waals surface area contributed by atoms with Crippen LogP contribution in [-0.2, 0) is 11.0 Å². The lowest BCUT2D eigenvalue weighted by Crippen LogP contribution is -2.31. The van der Waals surface area contributed by atoms with Gasteiger partial charge in [0.15, 0.2) is 0 Å². The van der Waals surface area contributed by atoms with E-state index in [1.807, 2.05) is 37.3 Å². The number of nitrogens with one attached hydrogen (secondary N) is 1. The molecule has 1 aliphatic rings. The molecule has 1 N–H and O–H groups in total. The minimum Gasteiger partial charge on any atom is -0.346 e. The van der Waals surface area contributed by atoms with Gasteiger partial charge >= 0.3 is 6.18 Å². The van der Waals surface area contributed by atoms with Gasteiger partial charge in [-0.15, -0.1) is 0 Å². The molecule has 0 bridgehead atoms. The van der Waals surface area contributed by atoms with Crippen LogP contribution in [0.4, 0.5) is 18.9 Å². The van der Waals surface area contributed by atoms with Crippen molar-refractivity contribution < 1.29 is 22.8 Å². The van der Waals surface area contributed by atoms with Crippen molar-refractivity contribution >= 4 is 35.3 Å².